The molecule has 0 saturated heterocycles. The van der Waals surface area contributed by atoms with Gasteiger partial charge in [-0.2, -0.15) is 0 Å². The third kappa shape index (κ3) is 3.58. The molecule has 0 spiro atoms. The number of hydrogen-bond donors (Lipinski definition) is 1. The van der Waals surface area contributed by atoms with E-state index in [0.29, 0.717) is 6.04 Å². The van der Waals surface area contributed by atoms with Crippen LogP contribution in [0.1, 0.15) is 17.2 Å². The van der Waals surface area contributed by atoms with Crippen LogP contribution in [0.25, 0.3) is 0 Å². The van der Waals surface area contributed by atoms with Gasteiger partial charge in [-0.05, 0) is 31.7 Å². The molecule has 19 heavy (non-hydrogen) atoms. The Morgan fingerprint density at radius 1 is 1.00 bits per heavy atom. The predicted molar refractivity (Wildman–Crippen MR) is 82.7 cm³/mol. The molecule has 100 valence electrons. The van der Waals surface area contributed by atoms with Crippen molar-refractivity contribution in [3.8, 4) is 0 Å². The molecule has 1 atom stereocenters. The van der Waals surface area contributed by atoms with Gasteiger partial charge in [0.15, 0.2) is 0 Å². The van der Waals surface area contributed by atoms with Gasteiger partial charge in [-0.3, -0.25) is 0 Å². The van der Waals surface area contributed by atoms with Crippen LogP contribution >= 0.6 is 0 Å². The second kappa shape index (κ2) is 6.39. The second-order valence-corrected chi connectivity index (χ2v) is 4.97. The average molecular weight is 254 g/mol. The summed E-state index contributed by atoms with van der Waals surface area (Å²) in [6.45, 7) is 3.07. The van der Waals surface area contributed by atoms with E-state index in [-0.39, 0.29) is 0 Å². The lowest BCUT2D eigenvalue weighted by Crippen LogP contribution is -2.31. The van der Waals surface area contributed by atoms with E-state index >= 15 is 0 Å². The smallest absolute Gasteiger partial charge is 0.0495 e. The fourth-order valence-electron chi connectivity index (χ4n) is 2.22. The summed E-state index contributed by atoms with van der Waals surface area (Å²) < 4.78 is 0. The number of likely N-dealkylation sites (N-methyl/N-ethyl adjacent to an activating group) is 2. The van der Waals surface area contributed by atoms with Crippen molar-refractivity contribution in [3.05, 3.63) is 65.7 Å². The summed E-state index contributed by atoms with van der Waals surface area (Å²) in [6, 6.07) is 19.6. The molecule has 0 fully saturated rings. The Hall–Kier alpha value is -1.80. The van der Waals surface area contributed by atoms with Gasteiger partial charge in [-0.1, -0.05) is 48.0 Å². The molecule has 1 unspecified atom stereocenters. The lowest BCUT2D eigenvalue weighted by atomic mass is 10.0. The number of rotatable bonds is 5. The average Bonchev–Trinajstić information content (AvgIpc) is 2.46. The third-order valence-corrected chi connectivity index (χ3v) is 3.48. The normalized spacial score (nSPS) is 12.2. The van der Waals surface area contributed by atoms with Crippen LogP contribution in [0.4, 0.5) is 5.69 Å². The van der Waals surface area contributed by atoms with Crippen molar-refractivity contribution < 1.29 is 0 Å². The number of benzene rings is 2. The SMILES string of the molecule is CNC(CN(C)c1ccccc1)c1ccc(C)cc1. The quantitative estimate of drug-likeness (QED) is 0.880. The Kier molecular flexibility index (Phi) is 4.58. The maximum Gasteiger partial charge on any atom is 0.0495 e. The minimum atomic E-state index is 0.339. The van der Waals surface area contributed by atoms with Crippen LogP contribution in [-0.2, 0) is 0 Å². The molecule has 0 amide bonds. The Balaban J connectivity index is 2.09. The lowest BCUT2D eigenvalue weighted by Gasteiger charge is -2.26. The molecule has 0 heterocycles. The fraction of sp³-hybridized carbons (Fsp3) is 0.294. The zero-order valence-electron chi connectivity index (χ0n) is 11.9. The fourth-order valence-corrected chi connectivity index (χ4v) is 2.22. The minimum Gasteiger partial charge on any atom is -0.373 e. The zero-order chi connectivity index (χ0) is 13.7. The van der Waals surface area contributed by atoms with Crippen molar-refractivity contribution in [1.82, 2.24) is 5.32 Å². The first-order valence-corrected chi connectivity index (χ1v) is 6.70. The monoisotopic (exact) mass is 254 g/mol. The molecule has 1 N–H and O–H groups in total. The molecule has 2 rings (SSSR count). The van der Waals surface area contributed by atoms with Crippen LogP contribution in [0.2, 0.25) is 0 Å². The standard InChI is InChI=1S/C17H22N2/c1-14-9-11-15(12-10-14)17(18-2)13-19(3)16-7-5-4-6-8-16/h4-12,17-18H,13H2,1-3H3. The van der Waals surface area contributed by atoms with Crippen molar-refractivity contribution >= 4 is 5.69 Å². The summed E-state index contributed by atoms with van der Waals surface area (Å²) in [4.78, 5) is 2.28. The molecule has 0 aromatic heterocycles. The number of aryl methyl sites for hydroxylation is 1. The van der Waals surface area contributed by atoms with Crippen LogP contribution in [0.3, 0.4) is 0 Å². The van der Waals surface area contributed by atoms with Gasteiger partial charge in [0, 0.05) is 25.3 Å². The molecular formula is C17H22N2. The maximum atomic E-state index is 3.40. The van der Waals surface area contributed by atoms with Crippen LogP contribution in [0, 0.1) is 6.92 Å². The molecule has 0 aliphatic rings. The van der Waals surface area contributed by atoms with Crippen LogP contribution in [0.15, 0.2) is 54.6 Å². The first kappa shape index (κ1) is 13.6. The summed E-state index contributed by atoms with van der Waals surface area (Å²) in [6.07, 6.45) is 0. The highest BCUT2D eigenvalue weighted by Crippen LogP contribution is 2.18. The van der Waals surface area contributed by atoms with E-state index in [0.717, 1.165) is 6.54 Å². The topological polar surface area (TPSA) is 15.3 Å². The summed E-state index contributed by atoms with van der Waals surface area (Å²) >= 11 is 0. The highest BCUT2D eigenvalue weighted by Gasteiger charge is 2.12. The van der Waals surface area contributed by atoms with E-state index in [1.807, 2.05) is 13.1 Å². The van der Waals surface area contributed by atoms with Gasteiger partial charge in [0.25, 0.3) is 0 Å². The molecule has 2 aromatic rings. The lowest BCUT2D eigenvalue weighted by molar-refractivity contribution is 0.589. The summed E-state index contributed by atoms with van der Waals surface area (Å²) in [7, 11) is 4.15. The molecular weight excluding hydrogens is 232 g/mol. The van der Waals surface area contributed by atoms with Crippen LogP contribution in [0.5, 0.6) is 0 Å². The Bertz CT molecular complexity index is 490. The predicted octanol–water partition coefficient (Wildman–Crippen LogP) is 3.39. The van der Waals surface area contributed by atoms with Gasteiger partial charge in [0.1, 0.15) is 0 Å². The Morgan fingerprint density at radius 3 is 2.21 bits per heavy atom. The molecule has 2 nitrogen and oxygen atoms in total. The molecule has 2 heteroatoms. The molecule has 0 aliphatic carbocycles. The number of nitrogens with zero attached hydrogens (tertiary/aromatic N) is 1. The number of para-hydroxylation sites is 1. The summed E-state index contributed by atoms with van der Waals surface area (Å²) in [5.74, 6) is 0. The van der Waals surface area contributed by atoms with Crippen molar-refractivity contribution in [2.45, 2.75) is 13.0 Å². The zero-order valence-corrected chi connectivity index (χ0v) is 11.9. The first-order valence-electron chi connectivity index (χ1n) is 6.70. The number of hydrogen-bond acceptors (Lipinski definition) is 2. The van der Waals surface area contributed by atoms with E-state index in [2.05, 4.69) is 72.7 Å². The number of anilines is 1. The van der Waals surface area contributed by atoms with Gasteiger partial charge < -0.3 is 10.2 Å². The summed E-state index contributed by atoms with van der Waals surface area (Å²) in [5, 5.41) is 3.40. The Labute approximate surface area is 116 Å². The van der Waals surface area contributed by atoms with E-state index in [4.69, 9.17) is 0 Å². The molecule has 0 saturated carbocycles. The van der Waals surface area contributed by atoms with Gasteiger partial charge in [-0.15, -0.1) is 0 Å². The van der Waals surface area contributed by atoms with Gasteiger partial charge >= 0.3 is 0 Å². The second-order valence-electron chi connectivity index (χ2n) is 4.97. The molecule has 2 aromatic carbocycles. The number of nitrogens with one attached hydrogen (secondary N) is 1. The van der Waals surface area contributed by atoms with Crippen molar-refractivity contribution in [3.63, 3.8) is 0 Å². The van der Waals surface area contributed by atoms with Gasteiger partial charge in [-0.25, -0.2) is 0 Å². The minimum absolute atomic E-state index is 0.339. The molecule has 0 aliphatic heterocycles. The van der Waals surface area contributed by atoms with Crippen molar-refractivity contribution in [2.24, 2.45) is 0 Å². The van der Waals surface area contributed by atoms with E-state index in [1.54, 1.807) is 0 Å². The van der Waals surface area contributed by atoms with Gasteiger partial charge in [0.2, 0.25) is 0 Å². The molecule has 0 radical (unpaired) electrons. The molecule has 0 bridgehead atoms. The highest BCUT2D eigenvalue weighted by atomic mass is 15.1. The maximum absolute atomic E-state index is 3.40. The van der Waals surface area contributed by atoms with Gasteiger partial charge in [0.05, 0.1) is 0 Å². The van der Waals surface area contributed by atoms with Crippen molar-refractivity contribution in [1.29, 1.82) is 0 Å². The van der Waals surface area contributed by atoms with Crippen molar-refractivity contribution in [2.75, 3.05) is 25.5 Å². The van der Waals surface area contributed by atoms with Crippen LogP contribution in [-0.4, -0.2) is 20.6 Å². The van der Waals surface area contributed by atoms with E-state index in [1.165, 1.54) is 16.8 Å². The third-order valence-electron chi connectivity index (χ3n) is 3.48. The summed E-state index contributed by atoms with van der Waals surface area (Å²) in [5.41, 5.74) is 3.88. The van der Waals surface area contributed by atoms with E-state index in [9.17, 15) is 0 Å². The first-order chi connectivity index (χ1) is 9.20. The Morgan fingerprint density at radius 2 is 1.63 bits per heavy atom. The van der Waals surface area contributed by atoms with Crippen LogP contribution < -0.4 is 10.2 Å². The van der Waals surface area contributed by atoms with E-state index < -0.39 is 0 Å². The largest absolute Gasteiger partial charge is 0.373 e. The highest BCUT2D eigenvalue weighted by molar-refractivity contribution is 5.45.